The van der Waals surface area contributed by atoms with Crippen molar-refractivity contribution in [1.82, 2.24) is 29.5 Å². The lowest BCUT2D eigenvalue weighted by Gasteiger charge is -2.43. The van der Waals surface area contributed by atoms with E-state index in [2.05, 4.69) is 61.9 Å². The molecule has 5 aromatic rings. The van der Waals surface area contributed by atoms with Crippen LogP contribution >= 0.6 is 36.4 Å². The quantitative estimate of drug-likeness (QED) is 0.205. The minimum atomic E-state index is -0.464. The van der Waals surface area contributed by atoms with Crippen molar-refractivity contribution in [2.24, 2.45) is 4.99 Å². The van der Waals surface area contributed by atoms with Gasteiger partial charge in [-0.3, -0.25) is 24.0 Å². The summed E-state index contributed by atoms with van der Waals surface area (Å²) < 4.78 is 2.11. The second-order valence-electron chi connectivity index (χ2n) is 14.7. The normalized spacial score (nSPS) is 18.5. The van der Waals surface area contributed by atoms with E-state index in [1.807, 2.05) is 54.4 Å². The van der Waals surface area contributed by atoms with Crippen molar-refractivity contribution in [2.75, 3.05) is 49.5 Å². The Balaban J connectivity index is 0.00000427. The molecular formula is C41H44ClN9O2S2. The molecule has 14 heteroatoms. The first-order valence-corrected chi connectivity index (χ1v) is 19.9. The number of rotatable bonds is 6. The topological polar surface area (TPSA) is 112 Å². The number of aryl methyl sites for hydroxylation is 2. The van der Waals surface area contributed by atoms with E-state index in [0.717, 1.165) is 108 Å². The average Bonchev–Trinajstić information content (AvgIpc) is 3.83. The zero-order valence-electron chi connectivity index (χ0n) is 31.2. The zero-order valence-corrected chi connectivity index (χ0v) is 33.8. The van der Waals surface area contributed by atoms with Crippen LogP contribution in [0, 0.1) is 20.8 Å². The number of hydrogen-bond acceptors (Lipinski definition) is 9. The van der Waals surface area contributed by atoms with Crippen molar-refractivity contribution in [2.45, 2.75) is 58.5 Å². The number of amides is 2. The Labute approximate surface area is 336 Å². The highest BCUT2D eigenvalue weighted by atomic mass is 35.5. The van der Waals surface area contributed by atoms with Gasteiger partial charge in [-0.15, -0.1) is 21.5 Å². The van der Waals surface area contributed by atoms with Crippen LogP contribution in [0.4, 0.5) is 11.5 Å². The molecule has 3 aromatic heterocycles. The van der Waals surface area contributed by atoms with Crippen LogP contribution in [-0.4, -0.2) is 92.4 Å². The smallest absolute Gasteiger partial charge is 0.228 e. The summed E-state index contributed by atoms with van der Waals surface area (Å²) in [5, 5.41) is 13.7. The van der Waals surface area contributed by atoms with Crippen LogP contribution in [0.5, 0.6) is 0 Å². The van der Waals surface area contributed by atoms with E-state index in [0.29, 0.717) is 23.3 Å². The molecule has 0 bridgehead atoms. The van der Waals surface area contributed by atoms with E-state index < -0.39 is 6.04 Å². The predicted molar refractivity (Wildman–Crippen MR) is 224 cm³/mol. The summed E-state index contributed by atoms with van der Waals surface area (Å²) >= 11 is 8.00. The number of likely N-dealkylation sites (tertiary alicyclic amines) is 1. The number of hydrogen-bond donors (Lipinski definition) is 1. The molecule has 0 saturated carbocycles. The molecule has 11 nitrogen and oxygen atoms in total. The number of aliphatic imine (C=N–C) groups is 1. The monoisotopic (exact) mass is 793 g/mol. The lowest BCUT2D eigenvalue weighted by molar-refractivity contribution is -0.133. The molecule has 0 unspecified atom stereocenters. The third kappa shape index (κ3) is 7.07. The van der Waals surface area contributed by atoms with Crippen molar-refractivity contribution in [3.05, 3.63) is 105 Å². The molecule has 1 atom stereocenters. The Morgan fingerprint density at radius 1 is 0.909 bits per heavy atom. The predicted octanol–water partition coefficient (Wildman–Crippen LogP) is 6.67. The van der Waals surface area contributed by atoms with Crippen molar-refractivity contribution >= 4 is 65.5 Å². The standard InChI is InChI=1S/C41H42ClN9O2S.H2S/c1-24-25(2)54-41-38(24)39(27-4-8-31(42)9-5-27)45-34(40-47-46-26(3)51(40)41)22-37(53)50-14-12-32(13-15-50)48-16-18-49(19-17-48)35-11-7-29(23-43-35)28-6-10-33-30(20-28)21-36(52)44-33;/h4-11,20,23,32,34H,12-19,21-22H2,1-3H3,(H,44,52);1H2/t34-;/m0./s1. The number of benzene rings is 2. The van der Waals surface area contributed by atoms with Gasteiger partial charge in [0, 0.05) is 83.8 Å². The van der Waals surface area contributed by atoms with Crippen LogP contribution in [0.3, 0.4) is 0 Å². The summed E-state index contributed by atoms with van der Waals surface area (Å²) in [6, 6.07) is 18.1. The number of anilines is 2. The molecule has 2 aromatic carbocycles. The molecule has 0 radical (unpaired) electrons. The van der Waals surface area contributed by atoms with E-state index in [1.165, 1.54) is 10.4 Å². The molecule has 2 amide bonds. The third-order valence-electron chi connectivity index (χ3n) is 11.5. The first kappa shape index (κ1) is 37.4. The Kier molecular flexibility index (Phi) is 10.3. The van der Waals surface area contributed by atoms with Crippen molar-refractivity contribution < 1.29 is 9.59 Å². The SMILES string of the molecule is Cc1sc2c(c1C)C(c1ccc(Cl)cc1)=N[C@@H](CC(=O)N1CCC(N3CCN(c4ccc(-c5ccc6c(c5)CC(=O)N6)cn4)CC3)CC1)c1nnc(C)n1-2.S. The summed E-state index contributed by atoms with van der Waals surface area (Å²) in [6.07, 6.45) is 4.51. The minimum absolute atomic E-state index is 0. The van der Waals surface area contributed by atoms with Crippen LogP contribution in [0.1, 0.15) is 64.1 Å². The molecule has 4 aliphatic rings. The zero-order chi connectivity index (χ0) is 37.1. The summed E-state index contributed by atoms with van der Waals surface area (Å²) in [4.78, 5) is 44.1. The third-order valence-corrected chi connectivity index (χ3v) is 13.0. The molecule has 7 heterocycles. The number of aromatic nitrogens is 4. The molecule has 9 rings (SSSR count). The number of carbonyl (C=O) groups excluding carboxylic acids is 2. The number of carbonyl (C=O) groups is 2. The van der Waals surface area contributed by atoms with Gasteiger partial charge in [0.15, 0.2) is 5.82 Å². The molecule has 55 heavy (non-hydrogen) atoms. The van der Waals surface area contributed by atoms with Gasteiger partial charge in [-0.05, 0) is 86.7 Å². The van der Waals surface area contributed by atoms with Gasteiger partial charge in [-0.2, -0.15) is 13.5 Å². The molecule has 4 aliphatic heterocycles. The van der Waals surface area contributed by atoms with Crippen LogP contribution < -0.4 is 10.2 Å². The average molecular weight is 794 g/mol. The van der Waals surface area contributed by atoms with Crippen molar-refractivity contribution in [3.63, 3.8) is 0 Å². The number of nitrogens with one attached hydrogen (secondary N) is 1. The number of halogens is 1. The molecule has 284 valence electrons. The second kappa shape index (κ2) is 15.2. The molecule has 2 saturated heterocycles. The Morgan fingerprint density at radius 2 is 1.64 bits per heavy atom. The Hall–Kier alpha value is -4.56. The fraction of sp³-hybridized carbons (Fsp3) is 0.366. The van der Waals surface area contributed by atoms with Crippen LogP contribution in [0.2, 0.25) is 5.02 Å². The highest BCUT2D eigenvalue weighted by Crippen LogP contribution is 2.40. The highest BCUT2D eigenvalue weighted by Gasteiger charge is 2.35. The van der Waals surface area contributed by atoms with E-state index in [9.17, 15) is 9.59 Å². The maximum absolute atomic E-state index is 14.0. The molecule has 1 N–H and O–H groups in total. The van der Waals surface area contributed by atoms with Crippen molar-refractivity contribution in [1.29, 1.82) is 0 Å². The fourth-order valence-electron chi connectivity index (χ4n) is 8.38. The van der Waals surface area contributed by atoms with Crippen LogP contribution in [0.25, 0.3) is 16.1 Å². The molecule has 0 spiro atoms. The number of thiophene rings is 1. The number of piperidine rings is 1. The molecule has 0 aliphatic carbocycles. The Morgan fingerprint density at radius 3 is 2.36 bits per heavy atom. The highest BCUT2D eigenvalue weighted by molar-refractivity contribution is 7.59. The summed E-state index contributed by atoms with van der Waals surface area (Å²) in [5.74, 6) is 2.64. The van der Waals surface area contributed by atoms with Crippen LogP contribution in [-0.2, 0) is 16.0 Å². The molecular weight excluding hydrogens is 750 g/mol. The van der Waals surface area contributed by atoms with Gasteiger partial charge in [0.1, 0.15) is 22.7 Å². The second-order valence-corrected chi connectivity index (χ2v) is 16.4. The van der Waals surface area contributed by atoms with Gasteiger partial charge in [-0.1, -0.05) is 29.8 Å². The van der Waals surface area contributed by atoms with Crippen molar-refractivity contribution in [3.8, 4) is 16.1 Å². The van der Waals surface area contributed by atoms with Gasteiger partial charge in [0.25, 0.3) is 0 Å². The minimum Gasteiger partial charge on any atom is -0.354 e. The number of piperazine rings is 1. The van der Waals surface area contributed by atoms with E-state index in [1.54, 1.807) is 11.3 Å². The summed E-state index contributed by atoms with van der Waals surface area (Å²) in [6.45, 7) is 11.5. The largest absolute Gasteiger partial charge is 0.354 e. The lowest BCUT2D eigenvalue weighted by atomic mass is 9.99. The number of fused-ring (bicyclic) bond motifs is 4. The maximum Gasteiger partial charge on any atom is 0.228 e. The van der Waals surface area contributed by atoms with Gasteiger partial charge in [0.05, 0.1) is 18.6 Å². The van der Waals surface area contributed by atoms with Gasteiger partial charge in [0.2, 0.25) is 11.8 Å². The Bertz CT molecular complexity index is 2290. The number of nitrogens with zero attached hydrogens (tertiary/aromatic N) is 8. The van der Waals surface area contributed by atoms with Crippen LogP contribution in [0.15, 0.2) is 65.8 Å². The van der Waals surface area contributed by atoms with E-state index in [4.69, 9.17) is 21.6 Å². The molecule has 2 fully saturated rings. The van der Waals surface area contributed by atoms with Gasteiger partial charge in [-0.25, -0.2) is 4.98 Å². The maximum atomic E-state index is 14.0. The fourth-order valence-corrected chi connectivity index (χ4v) is 9.72. The lowest BCUT2D eigenvalue weighted by Crippen LogP contribution is -2.54. The summed E-state index contributed by atoms with van der Waals surface area (Å²) in [5.41, 5.74) is 8.14. The number of pyridine rings is 1. The van der Waals surface area contributed by atoms with E-state index in [-0.39, 0.29) is 31.7 Å². The first-order chi connectivity index (χ1) is 26.2. The first-order valence-electron chi connectivity index (χ1n) is 18.7. The van der Waals surface area contributed by atoms with Gasteiger partial charge < -0.3 is 15.1 Å². The summed E-state index contributed by atoms with van der Waals surface area (Å²) in [7, 11) is 0. The van der Waals surface area contributed by atoms with Gasteiger partial charge >= 0.3 is 0 Å². The van der Waals surface area contributed by atoms with E-state index >= 15 is 0 Å².